The first-order valence-corrected chi connectivity index (χ1v) is 9.21. The molecule has 1 aromatic rings. The van der Waals surface area contributed by atoms with Gasteiger partial charge in [-0.3, -0.25) is 4.79 Å². The molecule has 1 unspecified atom stereocenters. The van der Waals surface area contributed by atoms with E-state index >= 15 is 0 Å². The van der Waals surface area contributed by atoms with E-state index in [2.05, 4.69) is 0 Å². The van der Waals surface area contributed by atoms with E-state index in [1.807, 2.05) is 40.9 Å². The highest BCUT2D eigenvalue weighted by Crippen LogP contribution is 2.32. The Labute approximate surface area is 152 Å². The molecule has 7 heteroatoms. The number of nitrogens with zero attached hydrogens (tertiary/aromatic N) is 1. The Balaban J connectivity index is 0.00000192. The lowest BCUT2D eigenvalue weighted by Crippen LogP contribution is -2.46. The van der Waals surface area contributed by atoms with E-state index in [4.69, 9.17) is 22.1 Å². The summed E-state index contributed by atoms with van der Waals surface area (Å²) in [6.45, 7) is 1.25. The monoisotopic (exact) mass is 376 g/mol. The van der Waals surface area contributed by atoms with Crippen LogP contribution in [-0.4, -0.2) is 47.6 Å². The van der Waals surface area contributed by atoms with E-state index in [-0.39, 0.29) is 36.6 Å². The number of carbonyl (C=O) groups is 1. The summed E-state index contributed by atoms with van der Waals surface area (Å²) < 4.78 is 5.78. The van der Waals surface area contributed by atoms with Crippen molar-refractivity contribution in [2.45, 2.75) is 31.1 Å². The molecule has 1 aromatic carbocycles. The lowest BCUT2D eigenvalue weighted by molar-refractivity contribution is -0.144. The van der Waals surface area contributed by atoms with Crippen LogP contribution in [0, 0.1) is 0 Å². The first kappa shape index (κ1) is 18.9. The smallest absolute Gasteiger partial charge is 0.252 e. The van der Waals surface area contributed by atoms with Gasteiger partial charge < -0.3 is 15.4 Å². The van der Waals surface area contributed by atoms with Gasteiger partial charge in [0.05, 0.1) is 12.1 Å². The van der Waals surface area contributed by atoms with Crippen LogP contribution in [0.4, 0.5) is 0 Å². The van der Waals surface area contributed by atoms with E-state index in [0.717, 1.165) is 41.5 Å². The lowest BCUT2D eigenvalue weighted by atomic mass is 10.1. The van der Waals surface area contributed by atoms with E-state index in [9.17, 15) is 4.79 Å². The molecule has 2 aliphatic heterocycles. The molecule has 0 spiro atoms. The Bertz CT molecular complexity index is 529. The summed E-state index contributed by atoms with van der Waals surface area (Å²) in [4.78, 5) is 14.8. The number of thioether (sulfide) groups is 1. The van der Waals surface area contributed by atoms with Gasteiger partial charge in [-0.25, -0.2) is 0 Å². The average molecular weight is 377 g/mol. The molecule has 3 atom stereocenters. The number of amides is 1. The minimum absolute atomic E-state index is 0. The summed E-state index contributed by atoms with van der Waals surface area (Å²) in [5, 5.41) is 0.718. The predicted octanol–water partition coefficient (Wildman–Crippen LogP) is 2.88. The number of ether oxygens (including phenoxy) is 1. The molecule has 2 saturated heterocycles. The molecular weight excluding hydrogens is 355 g/mol. The zero-order chi connectivity index (χ0) is 15.5. The van der Waals surface area contributed by atoms with Crippen molar-refractivity contribution in [3.63, 3.8) is 0 Å². The van der Waals surface area contributed by atoms with Crippen molar-refractivity contribution in [2.24, 2.45) is 5.73 Å². The highest BCUT2D eigenvalue weighted by molar-refractivity contribution is 7.99. The number of hydrogen-bond donors (Lipinski definition) is 1. The Hall–Kier alpha value is -0.460. The van der Waals surface area contributed by atoms with E-state index in [0.29, 0.717) is 6.54 Å². The first-order valence-electron chi connectivity index (χ1n) is 7.68. The second-order valence-corrected chi connectivity index (χ2v) is 7.32. The van der Waals surface area contributed by atoms with Gasteiger partial charge in [-0.15, -0.1) is 12.4 Å². The number of benzene rings is 1. The zero-order valence-corrected chi connectivity index (χ0v) is 15.2. The number of carbonyl (C=O) groups excluding carboxylic acids is 1. The molecule has 2 N–H and O–H groups in total. The minimum atomic E-state index is -0.327. The van der Waals surface area contributed by atoms with E-state index in [1.54, 1.807) is 0 Å². The number of nitrogens with two attached hydrogens (primary N) is 1. The maximum absolute atomic E-state index is 12.8. The summed E-state index contributed by atoms with van der Waals surface area (Å²) in [6.07, 6.45) is 1.35. The van der Waals surface area contributed by atoms with Crippen LogP contribution in [0.1, 0.15) is 24.4 Å². The molecule has 0 saturated carbocycles. The van der Waals surface area contributed by atoms with Crippen LogP contribution in [-0.2, 0) is 9.53 Å². The lowest BCUT2D eigenvalue weighted by Gasteiger charge is -2.37. The zero-order valence-electron chi connectivity index (χ0n) is 12.8. The summed E-state index contributed by atoms with van der Waals surface area (Å²) in [5.41, 5.74) is 6.78. The minimum Gasteiger partial charge on any atom is -0.364 e. The van der Waals surface area contributed by atoms with Crippen molar-refractivity contribution in [2.75, 3.05) is 24.6 Å². The van der Waals surface area contributed by atoms with Crippen molar-refractivity contribution in [3.05, 3.63) is 34.9 Å². The second-order valence-electron chi connectivity index (χ2n) is 5.73. The Morgan fingerprint density at radius 1 is 1.35 bits per heavy atom. The van der Waals surface area contributed by atoms with Crippen molar-refractivity contribution in [1.29, 1.82) is 0 Å². The molecule has 0 aromatic heterocycles. The molecule has 2 heterocycles. The standard InChI is InChI=1S/C16H21ClN2O2S.ClH/c17-12-3-1-11(2-4-12)14-10-22-8-7-19(14)16(20)15-6-5-13(9-18)21-15;/h1-4,13-15H,5-10,18H2;1H/t13-,14?,15+;/m1./s1. The fraction of sp³-hybridized carbons (Fsp3) is 0.562. The third kappa shape index (κ3) is 4.34. The molecule has 0 bridgehead atoms. The summed E-state index contributed by atoms with van der Waals surface area (Å²) in [6, 6.07) is 7.89. The predicted molar refractivity (Wildman–Crippen MR) is 97.4 cm³/mol. The molecule has 0 radical (unpaired) electrons. The van der Waals surface area contributed by atoms with Crippen molar-refractivity contribution in [1.82, 2.24) is 4.90 Å². The molecule has 3 rings (SSSR count). The van der Waals surface area contributed by atoms with Crippen molar-refractivity contribution >= 4 is 41.7 Å². The average Bonchev–Trinajstić information content (AvgIpc) is 3.04. The van der Waals surface area contributed by atoms with Crippen LogP contribution < -0.4 is 5.73 Å². The normalized spacial score (nSPS) is 27.6. The molecule has 0 aliphatic carbocycles. The summed E-state index contributed by atoms with van der Waals surface area (Å²) in [5.74, 6) is 2.00. The van der Waals surface area contributed by atoms with Crippen LogP contribution in [0.2, 0.25) is 5.02 Å². The van der Waals surface area contributed by atoms with Gasteiger partial charge in [-0.1, -0.05) is 23.7 Å². The largest absolute Gasteiger partial charge is 0.364 e. The Kier molecular flexibility index (Phi) is 7.04. The first-order chi connectivity index (χ1) is 10.7. The third-order valence-corrected chi connectivity index (χ3v) is 5.59. The highest BCUT2D eigenvalue weighted by atomic mass is 35.5. The van der Waals surface area contributed by atoms with Crippen LogP contribution in [0.3, 0.4) is 0 Å². The second kappa shape index (κ2) is 8.58. The fourth-order valence-corrected chi connectivity index (χ4v) is 4.29. The number of rotatable bonds is 3. The molecule has 128 valence electrons. The molecular formula is C16H22Cl2N2O2S. The van der Waals surface area contributed by atoms with Gasteiger partial charge in [-0.2, -0.15) is 11.8 Å². The number of halogens is 2. The highest BCUT2D eigenvalue weighted by Gasteiger charge is 2.37. The maximum Gasteiger partial charge on any atom is 0.252 e. The third-order valence-electron chi connectivity index (χ3n) is 4.31. The Morgan fingerprint density at radius 2 is 2.09 bits per heavy atom. The van der Waals surface area contributed by atoms with Gasteiger partial charge in [-0.05, 0) is 30.5 Å². The van der Waals surface area contributed by atoms with Crippen LogP contribution in [0.25, 0.3) is 0 Å². The fourth-order valence-electron chi connectivity index (χ4n) is 3.07. The van der Waals surface area contributed by atoms with Crippen LogP contribution >= 0.6 is 35.8 Å². The Morgan fingerprint density at radius 3 is 2.74 bits per heavy atom. The van der Waals surface area contributed by atoms with Crippen LogP contribution in [0.5, 0.6) is 0 Å². The topological polar surface area (TPSA) is 55.6 Å². The molecule has 23 heavy (non-hydrogen) atoms. The molecule has 2 fully saturated rings. The maximum atomic E-state index is 12.8. The van der Waals surface area contributed by atoms with Gasteiger partial charge in [0.25, 0.3) is 5.91 Å². The van der Waals surface area contributed by atoms with Gasteiger partial charge in [0, 0.05) is 29.6 Å². The molecule has 2 aliphatic rings. The van der Waals surface area contributed by atoms with Gasteiger partial charge in [0.15, 0.2) is 0 Å². The van der Waals surface area contributed by atoms with Crippen molar-refractivity contribution in [3.8, 4) is 0 Å². The summed E-state index contributed by atoms with van der Waals surface area (Å²) >= 11 is 7.85. The molecule has 1 amide bonds. The van der Waals surface area contributed by atoms with E-state index in [1.165, 1.54) is 0 Å². The van der Waals surface area contributed by atoms with Crippen molar-refractivity contribution < 1.29 is 9.53 Å². The number of hydrogen-bond acceptors (Lipinski definition) is 4. The van der Waals surface area contributed by atoms with Gasteiger partial charge in [0.1, 0.15) is 6.10 Å². The van der Waals surface area contributed by atoms with E-state index < -0.39 is 0 Å². The van der Waals surface area contributed by atoms with Gasteiger partial charge >= 0.3 is 0 Å². The van der Waals surface area contributed by atoms with Crippen LogP contribution in [0.15, 0.2) is 24.3 Å². The SMILES string of the molecule is Cl.NC[C@H]1CC[C@@H](C(=O)N2CCSCC2c2ccc(Cl)cc2)O1. The van der Waals surface area contributed by atoms with Gasteiger partial charge in [0.2, 0.25) is 0 Å². The summed E-state index contributed by atoms with van der Waals surface area (Å²) in [7, 11) is 0. The molecule has 4 nitrogen and oxygen atoms in total. The quantitative estimate of drug-likeness (QED) is 0.880.